The molecule has 1 aromatic rings. The Hall–Kier alpha value is -1.14. The van der Waals surface area contributed by atoms with Gasteiger partial charge in [-0.1, -0.05) is 0 Å². The zero-order valence-corrected chi connectivity index (χ0v) is 15.8. The molecule has 1 aliphatic rings. The Morgan fingerprint density at radius 2 is 2.04 bits per heavy atom. The molecule has 0 bridgehead atoms. The molecular formula is C17H29N3O2S. The molecule has 130 valence electrons. The molecule has 5 nitrogen and oxygen atoms in total. The van der Waals surface area contributed by atoms with Gasteiger partial charge >= 0.3 is 6.09 Å². The number of nitrogens with zero attached hydrogens (tertiary/aromatic N) is 1. The summed E-state index contributed by atoms with van der Waals surface area (Å²) in [7, 11) is 0. The second kappa shape index (κ2) is 7.18. The standard InChI is InChI=1S/C17H29N3O2S/c1-10(15-11(2)19-12(3)23-15)18-9-14(13-7-8-13)20-16(21)22-17(4,5)6/h10,13-14,18H,7-9H2,1-6H3,(H,20,21). The first kappa shape index (κ1) is 18.2. The third-order valence-corrected chi connectivity index (χ3v) is 5.13. The maximum absolute atomic E-state index is 12.0. The predicted molar refractivity (Wildman–Crippen MR) is 93.9 cm³/mol. The lowest BCUT2D eigenvalue weighted by Gasteiger charge is -2.25. The fraction of sp³-hybridized carbons (Fsp3) is 0.765. The van der Waals surface area contributed by atoms with E-state index in [1.165, 1.54) is 17.7 Å². The second-order valence-corrected chi connectivity index (χ2v) is 8.64. The average molecular weight is 340 g/mol. The maximum atomic E-state index is 12.0. The lowest BCUT2D eigenvalue weighted by molar-refractivity contribution is 0.0497. The summed E-state index contributed by atoms with van der Waals surface area (Å²) >= 11 is 1.73. The summed E-state index contributed by atoms with van der Waals surface area (Å²) in [6, 6.07) is 0.365. The van der Waals surface area contributed by atoms with Crippen molar-refractivity contribution in [3.05, 3.63) is 15.6 Å². The van der Waals surface area contributed by atoms with Crippen LogP contribution in [0.1, 0.15) is 62.2 Å². The van der Waals surface area contributed by atoms with Gasteiger partial charge in [0.05, 0.1) is 10.7 Å². The number of thiazole rings is 1. The number of amides is 1. The molecule has 2 atom stereocenters. The van der Waals surface area contributed by atoms with Gasteiger partial charge in [0.1, 0.15) is 5.60 Å². The fourth-order valence-corrected chi connectivity index (χ4v) is 3.59. The predicted octanol–water partition coefficient (Wildman–Crippen LogP) is 3.71. The minimum absolute atomic E-state index is 0.127. The van der Waals surface area contributed by atoms with E-state index in [1.807, 2.05) is 34.6 Å². The van der Waals surface area contributed by atoms with Crippen LogP contribution in [0.3, 0.4) is 0 Å². The van der Waals surface area contributed by atoms with Crippen molar-refractivity contribution in [1.29, 1.82) is 0 Å². The molecular weight excluding hydrogens is 310 g/mol. The van der Waals surface area contributed by atoms with Crippen molar-refractivity contribution in [2.75, 3.05) is 6.54 Å². The van der Waals surface area contributed by atoms with Crippen molar-refractivity contribution in [2.24, 2.45) is 5.92 Å². The van der Waals surface area contributed by atoms with Crippen LogP contribution < -0.4 is 10.6 Å². The molecule has 0 radical (unpaired) electrons. The molecule has 6 heteroatoms. The average Bonchev–Trinajstić information content (AvgIpc) is 3.17. The van der Waals surface area contributed by atoms with Crippen molar-refractivity contribution >= 4 is 17.4 Å². The van der Waals surface area contributed by atoms with Gasteiger partial charge in [0, 0.05) is 23.5 Å². The molecule has 1 aromatic heterocycles. The van der Waals surface area contributed by atoms with Gasteiger partial charge in [0.2, 0.25) is 0 Å². The molecule has 2 rings (SSSR count). The van der Waals surface area contributed by atoms with Crippen LogP contribution >= 0.6 is 11.3 Å². The topological polar surface area (TPSA) is 63.2 Å². The molecule has 1 aliphatic carbocycles. The number of hydrogen-bond acceptors (Lipinski definition) is 5. The maximum Gasteiger partial charge on any atom is 0.407 e. The number of aromatic nitrogens is 1. The van der Waals surface area contributed by atoms with Crippen LogP contribution in [0.5, 0.6) is 0 Å². The van der Waals surface area contributed by atoms with Gasteiger partial charge in [0.15, 0.2) is 0 Å². The number of alkyl carbamates (subject to hydrolysis) is 1. The summed E-state index contributed by atoms with van der Waals surface area (Å²) in [5.41, 5.74) is 0.631. The summed E-state index contributed by atoms with van der Waals surface area (Å²) in [5, 5.41) is 7.66. The van der Waals surface area contributed by atoms with Crippen LogP contribution in [0.15, 0.2) is 0 Å². The number of rotatable bonds is 6. The van der Waals surface area contributed by atoms with Crippen LogP contribution in [0.25, 0.3) is 0 Å². The highest BCUT2D eigenvalue weighted by atomic mass is 32.1. The molecule has 2 N–H and O–H groups in total. The van der Waals surface area contributed by atoms with Crippen LogP contribution in [0, 0.1) is 19.8 Å². The molecule has 0 spiro atoms. The third-order valence-electron chi connectivity index (χ3n) is 3.87. The lowest BCUT2D eigenvalue weighted by atomic mass is 10.1. The Bertz CT molecular complexity index is 547. The van der Waals surface area contributed by atoms with Gasteiger partial charge in [-0.25, -0.2) is 9.78 Å². The third kappa shape index (κ3) is 5.77. The Morgan fingerprint density at radius 3 is 2.52 bits per heavy atom. The highest BCUT2D eigenvalue weighted by Crippen LogP contribution is 2.33. The van der Waals surface area contributed by atoms with E-state index >= 15 is 0 Å². The SMILES string of the molecule is Cc1nc(C)c(C(C)NCC(NC(=O)OC(C)(C)C)C2CC2)s1. The molecule has 2 unspecified atom stereocenters. The zero-order valence-electron chi connectivity index (χ0n) is 15.0. The van der Waals surface area contributed by atoms with E-state index in [9.17, 15) is 4.79 Å². The molecule has 1 amide bonds. The van der Waals surface area contributed by atoms with Crippen LogP contribution in [0.2, 0.25) is 0 Å². The van der Waals surface area contributed by atoms with Gasteiger partial charge < -0.3 is 15.4 Å². The van der Waals surface area contributed by atoms with Crippen molar-refractivity contribution in [1.82, 2.24) is 15.6 Å². The van der Waals surface area contributed by atoms with E-state index in [4.69, 9.17) is 4.74 Å². The monoisotopic (exact) mass is 339 g/mol. The first-order valence-electron chi connectivity index (χ1n) is 8.32. The smallest absolute Gasteiger partial charge is 0.407 e. The highest BCUT2D eigenvalue weighted by molar-refractivity contribution is 7.11. The van der Waals surface area contributed by atoms with E-state index in [1.54, 1.807) is 11.3 Å². The van der Waals surface area contributed by atoms with E-state index < -0.39 is 5.60 Å². The van der Waals surface area contributed by atoms with Crippen molar-refractivity contribution in [3.8, 4) is 0 Å². The molecule has 1 fully saturated rings. The number of ether oxygens (including phenoxy) is 1. The highest BCUT2D eigenvalue weighted by Gasteiger charge is 2.33. The number of carbonyl (C=O) groups excluding carboxylic acids is 1. The Balaban J connectivity index is 1.87. The van der Waals surface area contributed by atoms with Crippen LogP contribution in [0.4, 0.5) is 4.79 Å². The van der Waals surface area contributed by atoms with Crippen molar-refractivity contribution in [3.63, 3.8) is 0 Å². The van der Waals surface area contributed by atoms with Crippen LogP contribution in [-0.2, 0) is 4.74 Å². The number of aryl methyl sites for hydroxylation is 2. The second-order valence-electron chi connectivity index (χ2n) is 7.40. The van der Waals surface area contributed by atoms with Gasteiger partial charge in [-0.3, -0.25) is 0 Å². The number of nitrogens with one attached hydrogen (secondary N) is 2. The largest absolute Gasteiger partial charge is 0.444 e. The van der Waals surface area contributed by atoms with Crippen molar-refractivity contribution < 1.29 is 9.53 Å². The van der Waals surface area contributed by atoms with Crippen LogP contribution in [-0.4, -0.2) is 29.3 Å². The molecule has 0 aliphatic heterocycles. The van der Waals surface area contributed by atoms with Gasteiger partial charge in [-0.05, 0) is 60.3 Å². The zero-order chi connectivity index (χ0) is 17.2. The number of hydrogen-bond donors (Lipinski definition) is 2. The van der Waals surface area contributed by atoms with Gasteiger partial charge in [-0.15, -0.1) is 11.3 Å². The summed E-state index contributed by atoms with van der Waals surface area (Å²) < 4.78 is 5.37. The Kier molecular flexibility index (Phi) is 5.68. The molecule has 1 saturated carbocycles. The first-order valence-corrected chi connectivity index (χ1v) is 9.14. The number of carbonyl (C=O) groups is 1. The van der Waals surface area contributed by atoms with E-state index in [0.29, 0.717) is 5.92 Å². The minimum Gasteiger partial charge on any atom is -0.444 e. The molecule has 23 heavy (non-hydrogen) atoms. The minimum atomic E-state index is -0.462. The molecule has 0 saturated heterocycles. The first-order chi connectivity index (χ1) is 10.7. The quantitative estimate of drug-likeness (QED) is 0.829. The summed E-state index contributed by atoms with van der Waals surface area (Å²) in [6.45, 7) is 12.6. The molecule has 0 aromatic carbocycles. The lowest BCUT2D eigenvalue weighted by Crippen LogP contribution is -2.46. The summed E-state index contributed by atoms with van der Waals surface area (Å²) in [4.78, 5) is 17.8. The van der Waals surface area contributed by atoms with E-state index in [-0.39, 0.29) is 18.2 Å². The van der Waals surface area contributed by atoms with Gasteiger partial charge in [-0.2, -0.15) is 0 Å². The van der Waals surface area contributed by atoms with E-state index in [2.05, 4.69) is 22.5 Å². The van der Waals surface area contributed by atoms with E-state index in [0.717, 1.165) is 17.2 Å². The Morgan fingerprint density at radius 1 is 1.39 bits per heavy atom. The van der Waals surface area contributed by atoms with Gasteiger partial charge in [0.25, 0.3) is 0 Å². The molecule has 1 heterocycles. The van der Waals surface area contributed by atoms with Crippen molar-refractivity contribution in [2.45, 2.75) is 72.1 Å². The summed E-state index contributed by atoms with van der Waals surface area (Å²) in [5.74, 6) is 0.562. The fourth-order valence-electron chi connectivity index (χ4n) is 2.64. The normalized spacial score (nSPS) is 17.7. The summed E-state index contributed by atoms with van der Waals surface area (Å²) in [6.07, 6.45) is 2.03. The Labute approximate surface area is 143 Å².